The number of amides is 1. The Bertz CT molecular complexity index is 477. The van der Waals surface area contributed by atoms with Crippen molar-refractivity contribution in [3.63, 3.8) is 0 Å². The number of carbonyl (C=O) groups is 1. The number of nitrogens with zero attached hydrogens (tertiary/aromatic N) is 1. The molecule has 1 saturated carbocycles. The number of likely N-dealkylation sites (N-methyl/N-ethyl adjacent to an activating group) is 1. The zero-order valence-electron chi connectivity index (χ0n) is 10.2. The molecule has 1 amide bonds. The molecule has 0 atom stereocenters. The van der Waals surface area contributed by atoms with Gasteiger partial charge in [-0.15, -0.1) is 0 Å². The Morgan fingerprint density at radius 1 is 1.41 bits per heavy atom. The summed E-state index contributed by atoms with van der Waals surface area (Å²) in [6.45, 7) is 0. The molecule has 3 rings (SSSR count). The molecule has 1 fully saturated rings. The summed E-state index contributed by atoms with van der Waals surface area (Å²) in [5.41, 5.74) is 9.77. The van der Waals surface area contributed by atoms with E-state index < -0.39 is 0 Å². The molecule has 2 N–H and O–H groups in total. The SMILES string of the molecule is CN1C(=O)Cc2cccc(CCC3(N)CC3)c21. The van der Waals surface area contributed by atoms with Gasteiger partial charge in [-0.25, -0.2) is 0 Å². The second kappa shape index (κ2) is 3.57. The Morgan fingerprint density at radius 2 is 2.18 bits per heavy atom. The predicted octanol–water partition coefficient (Wildman–Crippen LogP) is 1.63. The molecule has 3 nitrogen and oxygen atoms in total. The smallest absolute Gasteiger partial charge is 0.231 e. The van der Waals surface area contributed by atoms with Crippen molar-refractivity contribution < 1.29 is 4.79 Å². The lowest BCUT2D eigenvalue weighted by molar-refractivity contribution is -0.117. The highest BCUT2D eigenvalue weighted by Crippen LogP contribution is 2.39. The van der Waals surface area contributed by atoms with Crippen molar-refractivity contribution in [1.82, 2.24) is 0 Å². The normalized spacial score (nSPS) is 20.6. The molecule has 1 aliphatic heterocycles. The van der Waals surface area contributed by atoms with Gasteiger partial charge in [0.05, 0.1) is 12.1 Å². The zero-order valence-corrected chi connectivity index (χ0v) is 10.2. The number of para-hydroxylation sites is 1. The van der Waals surface area contributed by atoms with Gasteiger partial charge in [0.2, 0.25) is 5.91 Å². The minimum Gasteiger partial charge on any atom is -0.325 e. The second-order valence-electron chi connectivity index (χ2n) is 5.42. The van der Waals surface area contributed by atoms with Gasteiger partial charge in [-0.3, -0.25) is 4.79 Å². The zero-order chi connectivity index (χ0) is 12.0. The van der Waals surface area contributed by atoms with Crippen molar-refractivity contribution >= 4 is 11.6 Å². The van der Waals surface area contributed by atoms with E-state index in [-0.39, 0.29) is 11.4 Å². The van der Waals surface area contributed by atoms with Crippen LogP contribution in [0.4, 0.5) is 5.69 Å². The fourth-order valence-corrected chi connectivity index (χ4v) is 2.62. The van der Waals surface area contributed by atoms with Gasteiger partial charge in [0.1, 0.15) is 0 Å². The molecule has 0 aromatic heterocycles. The van der Waals surface area contributed by atoms with Crippen LogP contribution in [0.5, 0.6) is 0 Å². The van der Waals surface area contributed by atoms with Crippen LogP contribution in [0, 0.1) is 0 Å². The minimum absolute atomic E-state index is 0.0872. The van der Waals surface area contributed by atoms with E-state index in [2.05, 4.69) is 18.2 Å². The van der Waals surface area contributed by atoms with Crippen molar-refractivity contribution in [1.29, 1.82) is 0 Å². The van der Waals surface area contributed by atoms with Crippen molar-refractivity contribution in [2.75, 3.05) is 11.9 Å². The first-order valence-corrected chi connectivity index (χ1v) is 6.25. The number of nitrogens with two attached hydrogens (primary N) is 1. The summed E-state index contributed by atoms with van der Waals surface area (Å²) in [6, 6.07) is 6.23. The van der Waals surface area contributed by atoms with E-state index in [0.717, 1.165) is 36.9 Å². The molecule has 1 aromatic rings. The first-order chi connectivity index (χ1) is 8.09. The lowest BCUT2D eigenvalue weighted by Crippen LogP contribution is -2.24. The molecule has 0 spiro atoms. The number of carbonyl (C=O) groups excluding carboxylic acids is 1. The van der Waals surface area contributed by atoms with E-state index in [1.807, 2.05) is 7.05 Å². The summed E-state index contributed by atoms with van der Waals surface area (Å²) in [6.07, 6.45) is 4.86. The highest BCUT2D eigenvalue weighted by molar-refractivity contribution is 6.01. The average molecular weight is 230 g/mol. The number of benzene rings is 1. The van der Waals surface area contributed by atoms with Crippen LogP contribution >= 0.6 is 0 Å². The maximum atomic E-state index is 11.7. The summed E-state index contributed by atoms with van der Waals surface area (Å²) in [5.74, 6) is 0.196. The lowest BCUT2D eigenvalue weighted by Gasteiger charge is -2.16. The second-order valence-corrected chi connectivity index (χ2v) is 5.42. The summed E-state index contributed by atoms with van der Waals surface area (Å²) in [5, 5.41) is 0. The Hall–Kier alpha value is -1.35. The van der Waals surface area contributed by atoms with Crippen LogP contribution in [0.1, 0.15) is 30.4 Å². The van der Waals surface area contributed by atoms with Gasteiger partial charge >= 0.3 is 0 Å². The van der Waals surface area contributed by atoms with Gasteiger partial charge in [0.25, 0.3) is 0 Å². The van der Waals surface area contributed by atoms with E-state index >= 15 is 0 Å². The third-order valence-corrected chi connectivity index (χ3v) is 4.04. The highest BCUT2D eigenvalue weighted by atomic mass is 16.2. The topological polar surface area (TPSA) is 46.3 Å². The number of rotatable bonds is 3. The summed E-state index contributed by atoms with van der Waals surface area (Å²) in [4.78, 5) is 13.5. The first kappa shape index (κ1) is 10.8. The maximum Gasteiger partial charge on any atom is 0.231 e. The molecule has 3 heteroatoms. The lowest BCUT2D eigenvalue weighted by atomic mass is 10.00. The standard InChI is InChI=1S/C14H18N2O/c1-16-12(17)9-11-4-2-3-10(13(11)16)5-6-14(15)7-8-14/h2-4H,5-9,15H2,1H3. The molecule has 17 heavy (non-hydrogen) atoms. The third-order valence-electron chi connectivity index (χ3n) is 4.04. The van der Waals surface area contributed by atoms with Crippen molar-refractivity contribution in [2.24, 2.45) is 5.73 Å². The van der Waals surface area contributed by atoms with E-state index in [4.69, 9.17) is 5.73 Å². The van der Waals surface area contributed by atoms with Crippen LogP contribution in [0.15, 0.2) is 18.2 Å². The van der Waals surface area contributed by atoms with Crippen molar-refractivity contribution in [3.8, 4) is 0 Å². The van der Waals surface area contributed by atoms with Gasteiger partial charge in [-0.1, -0.05) is 18.2 Å². The van der Waals surface area contributed by atoms with E-state index in [1.165, 1.54) is 5.56 Å². The van der Waals surface area contributed by atoms with Crippen molar-refractivity contribution in [2.45, 2.75) is 37.6 Å². The number of anilines is 1. The Labute approximate surface area is 102 Å². The van der Waals surface area contributed by atoms with Crippen LogP contribution < -0.4 is 10.6 Å². The third kappa shape index (κ3) is 1.84. The van der Waals surface area contributed by atoms with Gasteiger partial charge < -0.3 is 10.6 Å². The monoisotopic (exact) mass is 230 g/mol. The van der Waals surface area contributed by atoms with E-state index in [9.17, 15) is 4.79 Å². The van der Waals surface area contributed by atoms with Crippen LogP contribution in [-0.4, -0.2) is 18.5 Å². The van der Waals surface area contributed by atoms with Gasteiger partial charge in [0.15, 0.2) is 0 Å². The predicted molar refractivity (Wildman–Crippen MR) is 68.0 cm³/mol. The quantitative estimate of drug-likeness (QED) is 0.858. The fraction of sp³-hybridized carbons (Fsp3) is 0.500. The largest absolute Gasteiger partial charge is 0.325 e. The molecule has 1 heterocycles. The molecule has 0 saturated heterocycles. The molecule has 1 aromatic carbocycles. The average Bonchev–Trinajstić information content (AvgIpc) is 2.97. The molecule has 1 aliphatic carbocycles. The Balaban J connectivity index is 1.85. The van der Waals surface area contributed by atoms with E-state index in [1.54, 1.807) is 4.90 Å². The summed E-state index contributed by atoms with van der Waals surface area (Å²) < 4.78 is 0. The number of hydrogen-bond donors (Lipinski definition) is 1. The molecule has 2 aliphatic rings. The number of fused-ring (bicyclic) bond motifs is 1. The molecule has 0 radical (unpaired) electrons. The van der Waals surface area contributed by atoms with Gasteiger partial charge in [-0.05, 0) is 36.8 Å². The fourth-order valence-electron chi connectivity index (χ4n) is 2.62. The van der Waals surface area contributed by atoms with Gasteiger partial charge in [-0.2, -0.15) is 0 Å². The maximum absolute atomic E-state index is 11.7. The van der Waals surface area contributed by atoms with Crippen LogP contribution in [-0.2, 0) is 17.6 Å². The first-order valence-electron chi connectivity index (χ1n) is 6.25. The minimum atomic E-state index is 0.0872. The number of aryl methyl sites for hydroxylation is 1. The summed E-state index contributed by atoms with van der Waals surface area (Å²) >= 11 is 0. The van der Waals surface area contributed by atoms with E-state index in [0.29, 0.717) is 6.42 Å². The molecule has 0 unspecified atom stereocenters. The molecule has 90 valence electrons. The van der Waals surface area contributed by atoms with Crippen LogP contribution in [0.2, 0.25) is 0 Å². The molecular formula is C14H18N2O. The van der Waals surface area contributed by atoms with Crippen molar-refractivity contribution in [3.05, 3.63) is 29.3 Å². The highest BCUT2D eigenvalue weighted by Gasteiger charge is 2.37. The molecule has 0 bridgehead atoms. The molecular weight excluding hydrogens is 212 g/mol. The van der Waals surface area contributed by atoms with Crippen LogP contribution in [0.3, 0.4) is 0 Å². The Kier molecular flexibility index (Phi) is 2.26. The Morgan fingerprint density at radius 3 is 2.88 bits per heavy atom. The number of hydrogen-bond acceptors (Lipinski definition) is 2. The van der Waals surface area contributed by atoms with Gasteiger partial charge in [0, 0.05) is 12.6 Å². The summed E-state index contributed by atoms with van der Waals surface area (Å²) in [7, 11) is 1.87. The van der Waals surface area contributed by atoms with Crippen LogP contribution in [0.25, 0.3) is 0 Å².